The molecule has 1 atom stereocenters. The number of carbonyl (C=O) groups excluding carboxylic acids is 1. The molecule has 1 amide bonds. The normalized spacial score (nSPS) is 15.9. The van der Waals surface area contributed by atoms with Crippen LogP contribution in [0.5, 0.6) is 0 Å². The van der Waals surface area contributed by atoms with E-state index in [2.05, 4.69) is 22.3 Å². The Balaban J connectivity index is 1.47. The van der Waals surface area contributed by atoms with Crippen LogP contribution in [0.4, 0.5) is 5.69 Å². The maximum absolute atomic E-state index is 12.3. The molecule has 1 unspecified atom stereocenters. The number of nitrogens with two attached hydrogens (primary N) is 1. The van der Waals surface area contributed by atoms with Crippen molar-refractivity contribution in [1.29, 1.82) is 0 Å². The quantitative estimate of drug-likeness (QED) is 0.817. The van der Waals surface area contributed by atoms with Gasteiger partial charge in [0.25, 0.3) is 0 Å². The van der Waals surface area contributed by atoms with Crippen LogP contribution >= 0.6 is 0 Å². The highest BCUT2D eigenvalue weighted by atomic mass is 16.2. The van der Waals surface area contributed by atoms with E-state index in [1.54, 1.807) is 0 Å². The fourth-order valence-corrected chi connectivity index (χ4v) is 3.24. The van der Waals surface area contributed by atoms with Crippen LogP contribution in [0.25, 0.3) is 0 Å². The zero-order valence-corrected chi connectivity index (χ0v) is 14.7. The van der Waals surface area contributed by atoms with Gasteiger partial charge in [-0.15, -0.1) is 0 Å². The number of rotatable bonds is 7. The summed E-state index contributed by atoms with van der Waals surface area (Å²) in [4.78, 5) is 14.8. The average molecular weight is 337 g/mol. The number of hydrogen-bond acceptors (Lipinski definition) is 3. The molecule has 3 rings (SSSR count). The molecule has 0 radical (unpaired) electrons. The molecule has 1 saturated heterocycles. The van der Waals surface area contributed by atoms with Crippen LogP contribution < -0.4 is 11.1 Å². The van der Waals surface area contributed by atoms with Crippen LogP contribution in [0.2, 0.25) is 0 Å². The number of hydrogen-bond donors (Lipinski definition) is 2. The molecule has 0 saturated carbocycles. The Labute approximate surface area is 150 Å². The van der Waals surface area contributed by atoms with Gasteiger partial charge in [-0.1, -0.05) is 42.5 Å². The lowest BCUT2D eigenvalue weighted by Gasteiger charge is -2.15. The standard InChI is InChI=1S/C21H27N3O/c22-20(16-18-6-2-1-3-7-18)21(25)23-19-10-8-17(9-11-19)12-15-24-13-4-5-14-24/h1-3,6-11,20H,4-5,12-16,22H2,(H,23,25). The van der Waals surface area contributed by atoms with Gasteiger partial charge in [0.05, 0.1) is 6.04 Å². The van der Waals surface area contributed by atoms with Gasteiger partial charge in [0.2, 0.25) is 5.91 Å². The first-order valence-corrected chi connectivity index (χ1v) is 9.12. The molecule has 1 aliphatic rings. The van der Waals surface area contributed by atoms with E-state index in [4.69, 9.17) is 5.73 Å². The highest BCUT2D eigenvalue weighted by molar-refractivity contribution is 5.94. The maximum atomic E-state index is 12.3. The van der Waals surface area contributed by atoms with Crippen LogP contribution in [-0.2, 0) is 17.6 Å². The lowest BCUT2D eigenvalue weighted by molar-refractivity contribution is -0.117. The Morgan fingerprint density at radius 2 is 1.68 bits per heavy atom. The Morgan fingerprint density at radius 1 is 1.00 bits per heavy atom. The van der Waals surface area contributed by atoms with Crippen molar-refractivity contribution in [3.8, 4) is 0 Å². The molecule has 1 aliphatic heterocycles. The Morgan fingerprint density at radius 3 is 2.36 bits per heavy atom. The number of nitrogens with one attached hydrogen (secondary N) is 1. The first kappa shape index (κ1) is 17.6. The van der Waals surface area contributed by atoms with Crippen LogP contribution in [0.1, 0.15) is 24.0 Å². The predicted octanol–water partition coefficient (Wildman–Crippen LogP) is 2.83. The van der Waals surface area contributed by atoms with E-state index in [0.717, 1.165) is 24.2 Å². The van der Waals surface area contributed by atoms with Crippen LogP contribution in [-0.4, -0.2) is 36.5 Å². The second-order valence-electron chi connectivity index (χ2n) is 6.78. The first-order chi connectivity index (χ1) is 12.2. The molecule has 4 heteroatoms. The molecule has 2 aromatic rings. The fraction of sp³-hybridized carbons (Fsp3) is 0.381. The van der Waals surface area contributed by atoms with E-state index in [1.165, 1.54) is 31.5 Å². The van der Waals surface area contributed by atoms with Crippen LogP contribution in [0.15, 0.2) is 54.6 Å². The second-order valence-corrected chi connectivity index (χ2v) is 6.78. The molecule has 4 nitrogen and oxygen atoms in total. The number of benzene rings is 2. The minimum atomic E-state index is -0.544. The highest BCUT2D eigenvalue weighted by Crippen LogP contribution is 2.13. The van der Waals surface area contributed by atoms with E-state index >= 15 is 0 Å². The first-order valence-electron chi connectivity index (χ1n) is 9.12. The van der Waals surface area contributed by atoms with Crippen molar-refractivity contribution in [3.05, 3.63) is 65.7 Å². The van der Waals surface area contributed by atoms with Gasteiger partial charge in [0.1, 0.15) is 0 Å². The largest absolute Gasteiger partial charge is 0.325 e. The molecule has 132 valence electrons. The summed E-state index contributed by atoms with van der Waals surface area (Å²) >= 11 is 0. The third-order valence-corrected chi connectivity index (χ3v) is 4.77. The smallest absolute Gasteiger partial charge is 0.241 e. The van der Waals surface area contributed by atoms with E-state index in [-0.39, 0.29) is 5.91 Å². The summed E-state index contributed by atoms with van der Waals surface area (Å²) in [5.74, 6) is -0.145. The third-order valence-electron chi connectivity index (χ3n) is 4.77. The molecule has 0 bridgehead atoms. The predicted molar refractivity (Wildman–Crippen MR) is 103 cm³/mol. The van der Waals surface area contributed by atoms with Crippen LogP contribution in [0.3, 0.4) is 0 Å². The van der Waals surface area contributed by atoms with Gasteiger partial charge >= 0.3 is 0 Å². The highest BCUT2D eigenvalue weighted by Gasteiger charge is 2.14. The summed E-state index contributed by atoms with van der Waals surface area (Å²) in [5, 5.41) is 2.91. The van der Waals surface area contributed by atoms with Gasteiger partial charge in [-0.25, -0.2) is 0 Å². The minimum Gasteiger partial charge on any atom is -0.325 e. The molecule has 0 aliphatic carbocycles. The third kappa shape index (κ3) is 5.41. The monoisotopic (exact) mass is 337 g/mol. The Kier molecular flexibility index (Phi) is 6.20. The van der Waals surface area contributed by atoms with Crippen molar-refractivity contribution in [1.82, 2.24) is 4.90 Å². The van der Waals surface area contributed by atoms with Gasteiger partial charge in [-0.3, -0.25) is 4.79 Å². The van der Waals surface area contributed by atoms with Crippen LogP contribution in [0, 0.1) is 0 Å². The van der Waals surface area contributed by atoms with Gasteiger partial charge in [-0.2, -0.15) is 0 Å². The lowest BCUT2D eigenvalue weighted by atomic mass is 10.1. The van der Waals surface area contributed by atoms with Crippen molar-refractivity contribution in [2.75, 3.05) is 25.0 Å². The van der Waals surface area contributed by atoms with Gasteiger partial charge in [0, 0.05) is 12.2 Å². The molecular formula is C21H27N3O. The number of carbonyl (C=O) groups is 1. The van der Waals surface area contributed by atoms with E-state index < -0.39 is 6.04 Å². The molecule has 0 spiro atoms. The van der Waals surface area contributed by atoms with Crippen molar-refractivity contribution in [2.45, 2.75) is 31.7 Å². The average Bonchev–Trinajstić information content (AvgIpc) is 3.15. The summed E-state index contributed by atoms with van der Waals surface area (Å²) in [6.07, 6.45) is 4.25. The SMILES string of the molecule is NC(Cc1ccccc1)C(=O)Nc1ccc(CCN2CCCC2)cc1. The van der Waals surface area contributed by atoms with Crippen molar-refractivity contribution in [3.63, 3.8) is 0 Å². The van der Waals surface area contributed by atoms with Gasteiger partial charge in [-0.05, 0) is 62.0 Å². The fourth-order valence-electron chi connectivity index (χ4n) is 3.24. The molecule has 1 fully saturated rings. The van der Waals surface area contributed by atoms with E-state index in [9.17, 15) is 4.79 Å². The number of nitrogens with zero attached hydrogens (tertiary/aromatic N) is 1. The zero-order valence-electron chi connectivity index (χ0n) is 14.7. The van der Waals surface area contributed by atoms with Gasteiger partial charge < -0.3 is 16.0 Å². The summed E-state index contributed by atoms with van der Waals surface area (Å²) < 4.78 is 0. The summed E-state index contributed by atoms with van der Waals surface area (Å²) in [6.45, 7) is 3.58. The molecule has 2 aromatic carbocycles. The number of likely N-dealkylation sites (tertiary alicyclic amines) is 1. The van der Waals surface area contributed by atoms with Crippen molar-refractivity contribution in [2.24, 2.45) is 5.73 Å². The lowest BCUT2D eigenvalue weighted by Crippen LogP contribution is -2.37. The maximum Gasteiger partial charge on any atom is 0.241 e. The number of anilines is 1. The molecule has 25 heavy (non-hydrogen) atoms. The Bertz CT molecular complexity index is 663. The Hall–Kier alpha value is -2.17. The van der Waals surface area contributed by atoms with Gasteiger partial charge in [0.15, 0.2) is 0 Å². The molecular weight excluding hydrogens is 310 g/mol. The van der Waals surface area contributed by atoms with Crippen molar-refractivity contribution < 1.29 is 4.79 Å². The summed E-state index contributed by atoms with van der Waals surface area (Å²) in [5.41, 5.74) is 9.21. The number of amides is 1. The molecule has 0 aromatic heterocycles. The molecule has 3 N–H and O–H groups in total. The van der Waals surface area contributed by atoms with E-state index in [0.29, 0.717) is 6.42 Å². The van der Waals surface area contributed by atoms with Crippen molar-refractivity contribution >= 4 is 11.6 Å². The topological polar surface area (TPSA) is 58.4 Å². The molecule has 1 heterocycles. The minimum absolute atomic E-state index is 0.145. The second kappa shape index (κ2) is 8.79. The summed E-state index contributed by atoms with van der Waals surface area (Å²) in [7, 11) is 0. The van der Waals surface area contributed by atoms with E-state index in [1.807, 2.05) is 42.5 Å². The zero-order chi connectivity index (χ0) is 17.5. The summed E-state index contributed by atoms with van der Waals surface area (Å²) in [6, 6.07) is 17.4.